The number of carbonyl (C=O) groups excluding carboxylic acids is 1. The van der Waals surface area contributed by atoms with E-state index in [2.05, 4.69) is 10.3 Å². The third-order valence-electron chi connectivity index (χ3n) is 4.11. The smallest absolute Gasteiger partial charge is 0.221 e. The van der Waals surface area contributed by atoms with Crippen molar-refractivity contribution in [2.24, 2.45) is 0 Å². The highest BCUT2D eigenvalue weighted by molar-refractivity contribution is 5.77. The molecular weight excluding hydrogens is 315 g/mol. The van der Waals surface area contributed by atoms with Gasteiger partial charge < -0.3 is 5.32 Å². The van der Waals surface area contributed by atoms with Gasteiger partial charge in [0.2, 0.25) is 5.91 Å². The number of carbonyl (C=O) groups is 1. The molecule has 1 atom stereocenters. The van der Waals surface area contributed by atoms with Crippen LogP contribution in [0.5, 0.6) is 0 Å². The van der Waals surface area contributed by atoms with Crippen molar-refractivity contribution in [2.75, 3.05) is 0 Å². The molecule has 4 heteroatoms. The summed E-state index contributed by atoms with van der Waals surface area (Å²) in [4.78, 5) is 16.4. The van der Waals surface area contributed by atoms with E-state index >= 15 is 0 Å². The lowest BCUT2D eigenvalue weighted by Gasteiger charge is -2.18. The van der Waals surface area contributed by atoms with Crippen LogP contribution < -0.4 is 5.32 Å². The van der Waals surface area contributed by atoms with Crippen LogP contribution in [0, 0.1) is 5.82 Å². The van der Waals surface area contributed by atoms with Gasteiger partial charge in [0.25, 0.3) is 0 Å². The first-order valence-electron chi connectivity index (χ1n) is 8.19. The van der Waals surface area contributed by atoms with Crippen LogP contribution in [-0.4, -0.2) is 10.9 Å². The Kier molecular flexibility index (Phi) is 5.52. The molecule has 0 aliphatic rings. The SMILES string of the molecule is O=C(CC(c1ccccc1)c1ccccc1F)NCc1ccncc1. The normalized spacial score (nSPS) is 11.7. The van der Waals surface area contributed by atoms with Crippen molar-refractivity contribution >= 4 is 5.91 Å². The van der Waals surface area contributed by atoms with E-state index in [1.54, 1.807) is 30.6 Å². The summed E-state index contributed by atoms with van der Waals surface area (Å²) in [7, 11) is 0. The van der Waals surface area contributed by atoms with E-state index in [-0.39, 0.29) is 24.1 Å². The second-order valence-corrected chi connectivity index (χ2v) is 5.82. The molecule has 0 fully saturated rings. The molecule has 3 nitrogen and oxygen atoms in total. The van der Waals surface area contributed by atoms with Crippen LogP contribution >= 0.6 is 0 Å². The lowest BCUT2D eigenvalue weighted by molar-refractivity contribution is -0.121. The van der Waals surface area contributed by atoms with E-state index in [1.807, 2.05) is 42.5 Å². The molecule has 1 heterocycles. The minimum Gasteiger partial charge on any atom is -0.352 e. The van der Waals surface area contributed by atoms with Crippen molar-refractivity contribution in [3.8, 4) is 0 Å². The molecule has 1 unspecified atom stereocenters. The standard InChI is InChI=1S/C21H19FN2O/c22-20-9-5-4-8-18(20)19(17-6-2-1-3-7-17)14-21(25)24-15-16-10-12-23-13-11-16/h1-13,19H,14-15H2,(H,24,25). The molecule has 1 N–H and O–H groups in total. The van der Waals surface area contributed by atoms with E-state index in [1.165, 1.54) is 6.07 Å². The van der Waals surface area contributed by atoms with Crippen molar-refractivity contribution in [1.29, 1.82) is 0 Å². The molecule has 1 amide bonds. The second kappa shape index (κ2) is 8.20. The zero-order valence-electron chi connectivity index (χ0n) is 13.7. The number of nitrogens with one attached hydrogen (secondary N) is 1. The third kappa shape index (κ3) is 4.51. The molecule has 0 bridgehead atoms. The third-order valence-corrected chi connectivity index (χ3v) is 4.11. The van der Waals surface area contributed by atoms with Crippen LogP contribution in [-0.2, 0) is 11.3 Å². The first-order valence-corrected chi connectivity index (χ1v) is 8.19. The van der Waals surface area contributed by atoms with Crippen molar-refractivity contribution in [3.05, 3.63) is 102 Å². The highest BCUT2D eigenvalue weighted by Crippen LogP contribution is 2.29. The summed E-state index contributed by atoms with van der Waals surface area (Å²) >= 11 is 0. The minimum atomic E-state index is -0.320. The van der Waals surface area contributed by atoms with Gasteiger partial charge >= 0.3 is 0 Å². The Balaban J connectivity index is 1.76. The summed E-state index contributed by atoms with van der Waals surface area (Å²) in [6.45, 7) is 0.431. The number of amides is 1. The van der Waals surface area contributed by atoms with Crippen LogP contribution in [0.1, 0.15) is 29.0 Å². The highest BCUT2D eigenvalue weighted by Gasteiger charge is 2.20. The maximum Gasteiger partial charge on any atom is 0.221 e. The summed E-state index contributed by atoms with van der Waals surface area (Å²) in [5.74, 6) is -0.730. The first-order chi connectivity index (χ1) is 12.2. The number of pyridine rings is 1. The van der Waals surface area contributed by atoms with Gasteiger partial charge in [-0.05, 0) is 34.9 Å². The average molecular weight is 334 g/mol. The Morgan fingerprint density at radius 2 is 1.64 bits per heavy atom. The number of hydrogen-bond acceptors (Lipinski definition) is 2. The maximum atomic E-state index is 14.3. The van der Waals surface area contributed by atoms with E-state index in [0.29, 0.717) is 12.1 Å². The summed E-state index contributed by atoms with van der Waals surface area (Å²) in [6, 6.07) is 19.9. The lowest BCUT2D eigenvalue weighted by atomic mass is 9.88. The first kappa shape index (κ1) is 16.8. The zero-order valence-corrected chi connectivity index (χ0v) is 13.7. The Morgan fingerprint density at radius 3 is 2.36 bits per heavy atom. The van der Waals surface area contributed by atoms with Gasteiger partial charge in [-0.15, -0.1) is 0 Å². The van der Waals surface area contributed by atoms with E-state index in [0.717, 1.165) is 11.1 Å². The fraction of sp³-hybridized carbons (Fsp3) is 0.143. The molecule has 0 aliphatic heterocycles. The van der Waals surface area contributed by atoms with Gasteiger partial charge in [-0.2, -0.15) is 0 Å². The summed E-state index contributed by atoms with van der Waals surface area (Å²) in [5.41, 5.74) is 2.44. The Hall–Kier alpha value is -3.01. The molecule has 25 heavy (non-hydrogen) atoms. The van der Waals surface area contributed by atoms with Crippen LogP contribution in [0.2, 0.25) is 0 Å². The molecule has 1 aromatic heterocycles. The fourth-order valence-corrected chi connectivity index (χ4v) is 2.81. The van der Waals surface area contributed by atoms with Crippen molar-refractivity contribution < 1.29 is 9.18 Å². The summed E-state index contributed by atoms with van der Waals surface area (Å²) in [6.07, 6.45) is 3.57. The Labute approximate surface area is 146 Å². The second-order valence-electron chi connectivity index (χ2n) is 5.82. The van der Waals surface area contributed by atoms with Gasteiger partial charge in [0.15, 0.2) is 0 Å². The van der Waals surface area contributed by atoms with Gasteiger partial charge in [-0.25, -0.2) is 4.39 Å². The molecule has 3 rings (SSSR count). The molecule has 3 aromatic rings. The lowest BCUT2D eigenvalue weighted by Crippen LogP contribution is -2.25. The molecule has 126 valence electrons. The van der Waals surface area contributed by atoms with E-state index in [9.17, 15) is 9.18 Å². The minimum absolute atomic E-state index is 0.117. The Morgan fingerprint density at radius 1 is 0.960 bits per heavy atom. The van der Waals surface area contributed by atoms with Crippen molar-refractivity contribution in [3.63, 3.8) is 0 Å². The molecule has 0 saturated carbocycles. The summed E-state index contributed by atoms with van der Waals surface area (Å²) in [5, 5.41) is 2.90. The molecule has 0 radical (unpaired) electrons. The van der Waals surface area contributed by atoms with Gasteiger partial charge in [-0.1, -0.05) is 48.5 Å². The molecular formula is C21H19FN2O. The number of halogens is 1. The van der Waals surface area contributed by atoms with Gasteiger partial charge in [-0.3, -0.25) is 9.78 Å². The number of benzene rings is 2. The average Bonchev–Trinajstić information content (AvgIpc) is 2.67. The molecule has 0 aliphatic carbocycles. The number of nitrogens with zero attached hydrogens (tertiary/aromatic N) is 1. The predicted molar refractivity (Wildman–Crippen MR) is 95.4 cm³/mol. The molecule has 2 aromatic carbocycles. The van der Waals surface area contributed by atoms with Gasteiger partial charge in [0.05, 0.1) is 0 Å². The highest BCUT2D eigenvalue weighted by atomic mass is 19.1. The van der Waals surface area contributed by atoms with Crippen LogP contribution in [0.3, 0.4) is 0 Å². The van der Waals surface area contributed by atoms with Crippen molar-refractivity contribution in [1.82, 2.24) is 10.3 Å². The topological polar surface area (TPSA) is 42.0 Å². The quantitative estimate of drug-likeness (QED) is 0.739. The van der Waals surface area contributed by atoms with E-state index in [4.69, 9.17) is 0 Å². The number of hydrogen-bond donors (Lipinski definition) is 1. The largest absolute Gasteiger partial charge is 0.352 e. The van der Waals surface area contributed by atoms with Crippen molar-refractivity contribution in [2.45, 2.75) is 18.9 Å². The zero-order chi connectivity index (χ0) is 17.5. The Bertz CT molecular complexity index is 822. The number of rotatable bonds is 6. The molecule has 0 spiro atoms. The summed E-state index contributed by atoms with van der Waals surface area (Å²) < 4.78 is 14.3. The monoisotopic (exact) mass is 334 g/mol. The molecule has 0 saturated heterocycles. The van der Waals surface area contributed by atoms with Crippen LogP contribution in [0.4, 0.5) is 4.39 Å². The van der Waals surface area contributed by atoms with Crippen LogP contribution in [0.15, 0.2) is 79.1 Å². The van der Waals surface area contributed by atoms with Gasteiger partial charge in [0.1, 0.15) is 5.82 Å². The number of aromatic nitrogens is 1. The predicted octanol–water partition coefficient (Wildman–Crippen LogP) is 4.06. The van der Waals surface area contributed by atoms with E-state index < -0.39 is 0 Å². The van der Waals surface area contributed by atoms with Gasteiger partial charge in [0, 0.05) is 31.3 Å². The van der Waals surface area contributed by atoms with Crippen LogP contribution in [0.25, 0.3) is 0 Å². The fourth-order valence-electron chi connectivity index (χ4n) is 2.81. The maximum absolute atomic E-state index is 14.3.